The number of anilines is 1. The fraction of sp³-hybridized carbons (Fsp3) is 0.556. The number of hydrogen-bond donors (Lipinski definition) is 1. The van der Waals surface area contributed by atoms with Crippen molar-refractivity contribution in [1.82, 2.24) is 14.1 Å². The van der Waals surface area contributed by atoms with Crippen LogP contribution in [0.15, 0.2) is 29.2 Å². The van der Waals surface area contributed by atoms with Gasteiger partial charge in [0.15, 0.2) is 0 Å². The molecule has 1 saturated heterocycles. The average molecular weight is 397 g/mol. The van der Waals surface area contributed by atoms with Crippen LogP contribution in [0.3, 0.4) is 0 Å². The highest BCUT2D eigenvalue weighted by Crippen LogP contribution is 2.22. The lowest BCUT2D eigenvalue weighted by Crippen LogP contribution is -2.38. The van der Waals surface area contributed by atoms with Crippen LogP contribution in [0.2, 0.25) is 0 Å². The minimum absolute atomic E-state index is 0.0304. The molecule has 1 heterocycles. The molecule has 0 spiro atoms. The molecule has 1 N–H and O–H groups in total. The monoisotopic (exact) mass is 396 g/mol. The number of carbonyl (C=O) groups is 2. The number of amides is 2. The first-order valence-electron chi connectivity index (χ1n) is 8.99. The van der Waals surface area contributed by atoms with Crippen LogP contribution in [0.1, 0.15) is 19.3 Å². The summed E-state index contributed by atoms with van der Waals surface area (Å²) in [6.07, 6.45) is 2.79. The molecule has 0 unspecified atom stereocenters. The summed E-state index contributed by atoms with van der Waals surface area (Å²) in [5.74, 6) is -0.406. The molecule has 1 aliphatic rings. The Labute approximate surface area is 161 Å². The second kappa shape index (κ2) is 9.29. The number of hydrogen-bond acceptors (Lipinski definition) is 5. The maximum absolute atomic E-state index is 12.8. The number of benzene rings is 1. The number of likely N-dealkylation sites (N-methyl/N-ethyl adjacent to an activating group) is 2. The van der Waals surface area contributed by atoms with E-state index in [9.17, 15) is 18.0 Å². The Morgan fingerprint density at radius 3 is 2.37 bits per heavy atom. The minimum Gasteiger partial charge on any atom is -0.348 e. The van der Waals surface area contributed by atoms with Crippen molar-refractivity contribution in [1.29, 1.82) is 0 Å². The van der Waals surface area contributed by atoms with E-state index in [0.29, 0.717) is 18.8 Å². The van der Waals surface area contributed by atoms with Crippen molar-refractivity contribution in [2.45, 2.75) is 24.2 Å². The molecule has 150 valence electrons. The van der Waals surface area contributed by atoms with Crippen molar-refractivity contribution in [3.8, 4) is 0 Å². The molecule has 0 aromatic heterocycles. The summed E-state index contributed by atoms with van der Waals surface area (Å²) in [6, 6.07) is 6.29. The number of rotatable bonds is 7. The number of carbonyl (C=O) groups excluding carboxylic acids is 2. The first kappa shape index (κ1) is 21.3. The SMILES string of the molecule is CN(CC(=O)Nc1cccc(S(=O)(=O)N2CCCCC2)c1)CC(=O)N(C)C. The molecule has 1 aromatic carbocycles. The zero-order valence-corrected chi connectivity index (χ0v) is 17.0. The Bertz CT molecular complexity index is 773. The molecule has 0 radical (unpaired) electrons. The largest absolute Gasteiger partial charge is 0.348 e. The Kier molecular flexibility index (Phi) is 7.34. The fourth-order valence-corrected chi connectivity index (χ4v) is 4.43. The lowest BCUT2D eigenvalue weighted by Gasteiger charge is -2.26. The van der Waals surface area contributed by atoms with Crippen LogP contribution in [0.4, 0.5) is 5.69 Å². The highest BCUT2D eigenvalue weighted by atomic mass is 32.2. The second-order valence-electron chi connectivity index (χ2n) is 7.00. The zero-order valence-electron chi connectivity index (χ0n) is 16.1. The predicted molar refractivity (Wildman–Crippen MR) is 104 cm³/mol. The van der Waals surface area contributed by atoms with E-state index >= 15 is 0 Å². The average Bonchev–Trinajstić information content (AvgIpc) is 2.62. The topological polar surface area (TPSA) is 90.0 Å². The zero-order chi connectivity index (χ0) is 20.0. The van der Waals surface area contributed by atoms with Crippen LogP contribution >= 0.6 is 0 Å². The highest BCUT2D eigenvalue weighted by Gasteiger charge is 2.26. The molecular weight excluding hydrogens is 368 g/mol. The van der Waals surface area contributed by atoms with Gasteiger partial charge in [0.1, 0.15) is 0 Å². The van der Waals surface area contributed by atoms with Crippen LogP contribution in [0.25, 0.3) is 0 Å². The molecule has 27 heavy (non-hydrogen) atoms. The van der Waals surface area contributed by atoms with Gasteiger partial charge < -0.3 is 10.2 Å². The van der Waals surface area contributed by atoms with Crippen LogP contribution in [-0.4, -0.2) is 81.7 Å². The Morgan fingerprint density at radius 2 is 1.74 bits per heavy atom. The van der Waals surface area contributed by atoms with Gasteiger partial charge in [-0.25, -0.2) is 8.42 Å². The van der Waals surface area contributed by atoms with Gasteiger partial charge in [-0.15, -0.1) is 0 Å². The standard InChI is InChI=1S/C18H28N4O4S/c1-20(2)18(24)14-21(3)13-17(23)19-15-8-7-9-16(12-15)27(25,26)22-10-5-4-6-11-22/h7-9,12H,4-6,10-11,13-14H2,1-3H3,(H,19,23). The van der Waals surface area contributed by atoms with Crippen molar-refractivity contribution in [2.75, 3.05) is 52.6 Å². The van der Waals surface area contributed by atoms with Gasteiger partial charge in [0.2, 0.25) is 21.8 Å². The van der Waals surface area contributed by atoms with Crippen LogP contribution in [0, 0.1) is 0 Å². The quantitative estimate of drug-likeness (QED) is 0.737. The summed E-state index contributed by atoms with van der Waals surface area (Å²) in [4.78, 5) is 27.1. The molecule has 9 heteroatoms. The molecule has 0 atom stereocenters. The van der Waals surface area contributed by atoms with Crippen molar-refractivity contribution in [2.24, 2.45) is 0 Å². The lowest BCUT2D eigenvalue weighted by molar-refractivity contribution is -0.130. The highest BCUT2D eigenvalue weighted by molar-refractivity contribution is 7.89. The summed E-state index contributed by atoms with van der Waals surface area (Å²) >= 11 is 0. The van der Waals surface area contributed by atoms with E-state index in [1.807, 2.05) is 0 Å². The van der Waals surface area contributed by atoms with E-state index in [1.165, 1.54) is 15.3 Å². The van der Waals surface area contributed by atoms with Crippen LogP contribution in [-0.2, 0) is 19.6 Å². The molecule has 1 fully saturated rings. The van der Waals surface area contributed by atoms with E-state index in [1.54, 1.807) is 44.2 Å². The number of piperidine rings is 1. The van der Waals surface area contributed by atoms with Crippen LogP contribution < -0.4 is 5.32 Å². The molecule has 1 aromatic rings. The van der Waals surface area contributed by atoms with Gasteiger partial charge in [0.25, 0.3) is 0 Å². The maximum Gasteiger partial charge on any atom is 0.243 e. The summed E-state index contributed by atoms with van der Waals surface area (Å²) < 4.78 is 27.0. The first-order chi connectivity index (χ1) is 12.7. The maximum atomic E-state index is 12.8. The smallest absolute Gasteiger partial charge is 0.243 e. The molecule has 0 bridgehead atoms. The van der Waals surface area contributed by atoms with Crippen molar-refractivity contribution in [3.63, 3.8) is 0 Å². The molecule has 2 amide bonds. The Balaban J connectivity index is 2.00. The van der Waals surface area contributed by atoms with E-state index in [0.717, 1.165) is 19.3 Å². The molecule has 0 aliphatic carbocycles. The third kappa shape index (κ3) is 6.02. The summed E-state index contributed by atoms with van der Waals surface area (Å²) in [5.41, 5.74) is 0.422. The number of nitrogens with zero attached hydrogens (tertiary/aromatic N) is 3. The number of sulfonamides is 1. The summed E-state index contributed by atoms with van der Waals surface area (Å²) in [6.45, 7) is 1.22. The molecule has 0 saturated carbocycles. The van der Waals surface area contributed by atoms with E-state index in [-0.39, 0.29) is 29.8 Å². The summed E-state index contributed by atoms with van der Waals surface area (Å²) in [5, 5.41) is 2.70. The van der Waals surface area contributed by atoms with Gasteiger partial charge in [-0.2, -0.15) is 4.31 Å². The molecule has 1 aliphatic heterocycles. The van der Waals surface area contributed by atoms with Gasteiger partial charge in [-0.3, -0.25) is 14.5 Å². The fourth-order valence-electron chi connectivity index (χ4n) is 2.86. The normalized spacial score (nSPS) is 15.6. The van der Waals surface area contributed by atoms with Gasteiger partial charge in [0, 0.05) is 32.9 Å². The number of nitrogens with one attached hydrogen (secondary N) is 1. The third-order valence-electron chi connectivity index (χ3n) is 4.39. The van der Waals surface area contributed by atoms with E-state index < -0.39 is 10.0 Å². The van der Waals surface area contributed by atoms with Gasteiger partial charge in [-0.05, 0) is 38.1 Å². The van der Waals surface area contributed by atoms with E-state index in [2.05, 4.69) is 5.32 Å². The van der Waals surface area contributed by atoms with Crippen molar-refractivity contribution < 1.29 is 18.0 Å². The Morgan fingerprint density at radius 1 is 1.07 bits per heavy atom. The van der Waals surface area contributed by atoms with Crippen LogP contribution in [0.5, 0.6) is 0 Å². The van der Waals surface area contributed by atoms with Gasteiger partial charge in [-0.1, -0.05) is 12.5 Å². The Hall–Kier alpha value is -1.97. The second-order valence-corrected chi connectivity index (χ2v) is 8.94. The van der Waals surface area contributed by atoms with Gasteiger partial charge >= 0.3 is 0 Å². The first-order valence-corrected chi connectivity index (χ1v) is 10.4. The molecule has 8 nitrogen and oxygen atoms in total. The van der Waals surface area contributed by atoms with E-state index in [4.69, 9.17) is 0 Å². The molecule has 2 rings (SSSR count). The van der Waals surface area contributed by atoms with Gasteiger partial charge in [0.05, 0.1) is 18.0 Å². The third-order valence-corrected chi connectivity index (χ3v) is 6.28. The predicted octanol–water partition coefficient (Wildman–Crippen LogP) is 0.820. The molecular formula is C18H28N4O4S. The minimum atomic E-state index is -3.55. The lowest BCUT2D eigenvalue weighted by atomic mass is 10.2. The van der Waals surface area contributed by atoms with Crippen molar-refractivity contribution in [3.05, 3.63) is 24.3 Å². The summed E-state index contributed by atoms with van der Waals surface area (Å²) in [7, 11) is 1.45. The van der Waals surface area contributed by atoms with Crippen molar-refractivity contribution >= 4 is 27.5 Å².